The molecule has 0 bridgehead atoms. The van der Waals surface area contributed by atoms with Gasteiger partial charge in [-0.05, 0) is 58.2 Å². The highest BCUT2D eigenvalue weighted by Crippen LogP contribution is 2.20. The van der Waals surface area contributed by atoms with Crippen LogP contribution in [-0.4, -0.2) is 37.5 Å². The number of ether oxygens (including phenoxy) is 1. The molecule has 3 rings (SSSR count). The minimum atomic E-state index is -0.487. The predicted molar refractivity (Wildman–Crippen MR) is 104 cm³/mol. The maximum absolute atomic E-state index is 11.8. The van der Waals surface area contributed by atoms with Crippen LogP contribution in [0.15, 0.2) is 43.1 Å². The zero-order valence-corrected chi connectivity index (χ0v) is 16.1. The molecule has 1 N–H and O–H groups in total. The SMILES string of the molecule is CC(CCc1ccc2c(cnn2-c2cncnc2)c1)NC(=O)OC(C)(C)C. The van der Waals surface area contributed by atoms with Crippen LogP contribution in [0.25, 0.3) is 16.6 Å². The van der Waals surface area contributed by atoms with Gasteiger partial charge in [-0.1, -0.05) is 6.07 Å². The maximum atomic E-state index is 11.8. The number of hydrogen-bond donors (Lipinski definition) is 1. The lowest BCUT2D eigenvalue weighted by Crippen LogP contribution is -2.37. The Morgan fingerprint density at radius 2 is 1.96 bits per heavy atom. The average Bonchev–Trinajstić information content (AvgIpc) is 3.02. The van der Waals surface area contributed by atoms with Gasteiger partial charge < -0.3 is 10.1 Å². The normalized spacial score (nSPS) is 12.7. The van der Waals surface area contributed by atoms with Gasteiger partial charge in [0.2, 0.25) is 0 Å². The van der Waals surface area contributed by atoms with Crippen molar-refractivity contribution in [2.45, 2.75) is 52.2 Å². The Morgan fingerprint density at radius 1 is 1.22 bits per heavy atom. The van der Waals surface area contributed by atoms with Crippen LogP contribution in [-0.2, 0) is 11.2 Å². The summed E-state index contributed by atoms with van der Waals surface area (Å²) in [6, 6.07) is 6.30. The van der Waals surface area contributed by atoms with E-state index in [0.717, 1.165) is 29.4 Å². The third-order valence-electron chi connectivity index (χ3n) is 4.05. The number of rotatable bonds is 5. The van der Waals surface area contributed by atoms with Gasteiger partial charge >= 0.3 is 6.09 Å². The van der Waals surface area contributed by atoms with E-state index in [9.17, 15) is 4.79 Å². The van der Waals surface area contributed by atoms with Gasteiger partial charge in [0.1, 0.15) is 17.6 Å². The Hall–Kier alpha value is -2.96. The van der Waals surface area contributed by atoms with Crippen molar-refractivity contribution >= 4 is 17.0 Å². The topological polar surface area (TPSA) is 81.9 Å². The lowest BCUT2D eigenvalue weighted by molar-refractivity contribution is 0.0506. The maximum Gasteiger partial charge on any atom is 0.407 e. The van der Waals surface area contributed by atoms with Gasteiger partial charge in [0, 0.05) is 11.4 Å². The number of fused-ring (bicyclic) bond motifs is 1. The van der Waals surface area contributed by atoms with Crippen molar-refractivity contribution in [1.29, 1.82) is 0 Å². The molecule has 0 spiro atoms. The molecule has 27 heavy (non-hydrogen) atoms. The zero-order chi connectivity index (χ0) is 19.4. The van der Waals surface area contributed by atoms with Crippen molar-refractivity contribution in [2.75, 3.05) is 0 Å². The highest BCUT2D eigenvalue weighted by molar-refractivity contribution is 5.80. The lowest BCUT2D eigenvalue weighted by Gasteiger charge is -2.22. The molecule has 0 saturated carbocycles. The summed E-state index contributed by atoms with van der Waals surface area (Å²) >= 11 is 0. The molecule has 1 amide bonds. The van der Waals surface area contributed by atoms with Gasteiger partial charge in [-0.2, -0.15) is 5.10 Å². The van der Waals surface area contributed by atoms with Gasteiger partial charge in [0.05, 0.1) is 24.1 Å². The van der Waals surface area contributed by atoms with E-state index in [1.807, 2.05) is 38.6 Å². The van der Waals surface area contributed by atoms with Crippen molar-refractivity contribution in [2.24, 2.45) is 0 Å². The first kappa shape index (κ1) is 18.8. The molecule has 0 radical (unpaired) electrons. The van der Waals surface area contributed by atoms with Crippen LogP contribution >= 0.6 is 0 Å². The van der Waals surface area contributed by atoms with E-state index in [-0.39, 0.29) is 12.1 Å². The lowest BCUT2D eigenvalue weighted by atomic mass is 10.0. The predicted octanol–water partition coefficient (Wildman–Crippen LogP) is 3.66. The van der Waals surface area contributed by atoms with Crippen LogP contribution in [0, 0.1) is 0 Å². The Bertz CT molecular complexity index is 915. The molecule has 0 aliphatic rings. The van der Waals surface area contributed by atoms with Crippen molar-refractivity contribution in [3.8, 4) is 5.69 Å². The zero-order valence-electron chi connectivity index (χ0n) is 16.1. The number of amides is 1. The molecule has 2 heterocycles. The third-order valence-corrected chi connectivity index (χ3v) is 4.05. The summed E-state index contributed by atoms with van der Waals surface area (Å²) in [4.78, 5) is 19.9. The first-order chi connectivity index (χ1) is 12.8. The fourth-order valence-corrected chi connectivity index (χ4v) is 2.81. The van der Waals surface area contributed by atoms with E-state index in [0.29, 0.717) is 0 Å². The average molecular weight is 367 g/mol. The standard InChI is InChI=1S/C20H25N5O2/c1-14(24-19(26)27-20(2,3)4)5-6-15-7-8-18-16(9-15)10-23-25(18)17-11-21-13-22-12-17/h7-14H,5-6H2,1-4H3,(H,24,26). The van der Waals surface area contributed by atoms with Crippen LogP contribution < -0.4 is 5.32 Å². The van der Waals surface area contributed by atoms with Gasteiger partial charge in [-0.15, -0.1) is 0 Å². The Labute approximate surface area is 158 Å². The molecule has 0 saturated heterocycles. The number of aromatic nitrogens is 4. The molecule has 0 fully saturated rings. The quantitative estimate of drug-likeness (QED) is 0.744. The van der Waals surface area contributed by atoms with E-state index in [2.05, 4.69) is 38.6 Å². The molecule has 142 valence electrons. The highest BCUT2D eigenvalue weighted by Gasteiger charge is 2.17. The minimum Gasteiger partial charge on any atom is -0.444 e. The third kappa shape index (κ3) is 5.03. The summed E-state index contributed by atoms with van der Waals surface area (Å²) in [5.41, 5.74) is 2.55. The second kappa shape index (κ2) is 7.73. The minimum absolute atomic E-state index is 0.0275. The number of benzene rings is 1. The second-order valence-electron chi connectivity index (χ2n) is 7.63. The van der Waals surface area contributed by atoms with Gasteiger partial charge in [0.15, 0.2) is 0 Å². The molecule has 7 nitrogen and oxygen atoms in total. The number of nitrogens with one attached hydrogen (secondary N) is 1. The van der Waals surface area contributed by atoms with Crippen molar-refractivity contribution in [1.82, 2.24) is 25.1 Å². The van der Waals surface area contributed by atoms with E-state index in [1.165, 1.54) is 11.9 Å². The van der Waals surface area contributed by atoms with Crippen LogP contribution in [0.2, 0.25) is 0 Å². The summed E-state index contributed by atoms with van der Waals surface area (Å²) in [6.45, 7) is 7.55. The molecule has 0 aliphatic carbocycles. The number of carbonyl (C=O) groups excluding carboxylic acids is 1. The summed E-state index contributed by atoms with van der Waals surface area (Å²) in [7, 11) is 0. The summed E-state index contributed by atoms with van der Waals surface area (Å²) in [5, 5.41) is 8.38. The van der Waals surface area contributed by atoms with E-state index < -0.39 is 5.60 Å². The molecule has 0 aliphatic heterocycles. The molecule has 1 unspecified atom stereocenters. The Balaban J connectivity index is 1.62. The second-order valence-corrected chi connectivity index (χ2v) is 7.63. The fraction of sp³-hybridized carbons (Fsp3) is 0.400. The summed E-state index contributed by atoms with van der Waals surface area (Å²) < 4.78 is 7.12. The highest BCUT2D eigenvalue weighted by atomic mass is 16.6. The molecular formula is C20H25N5O2. The molecule has 1 aromatic carbocycles. The first-order valence-electron chi connectivity index (χ1n) is 9.03. The Morgan fingerprint density at radius 3 is 2.67 bits per heavy atom. The van der Waals surface area contributed by atoms with Crippen LogP contribution in [0.5, 0.6) is 0 Å². The number of alkyl carbamates (subject to hydrolysis) is 1. The Kier molecular flexibility index (Phi) is 5.39. The molecule has 2 aromatic heterocycles. The smallest absolute Gasteiger partial charge is 0.407 e. The number of carbonyl (C=O) groups is 1. The monoisotopic (exact) mass is 367 g/mol. The molecule has 7 heteroatoms. The van der Waals surface area contributed by atoms with Gasteiger partial charge in [0.25, 0.3) is 0 Å². The number of nitrogens with zero attached hydrogens (tertiary/aromatic N) is 4. The molecule has 1 atom stereocenters. The van der Waals surface area contributed by atoms with Crippen LogP contribution in [0.3, 0.4) is 0 Å². The van der Waals surface area contributed by atoms with Gasteiger partial charge in [-0.25, -0.2) is 19.4 Å². The van der Waals surface area contributed by atoms with Gasteiger partial charge in [-0.3, -0.25) is 0 Å². The van der Waals surface area contributed by atoms with E-state index in [1.54, 1.807) is 12.4 Å². The van der Waals surface area contributed by atoms with E-state index in [4.69, 9.17) is 4.74 Å². The van der Waals surface area contributed by atoms with Crippen LogP contribution in [0.1, 0.15) is 39.7 Å². The first-order valence-corrected chi connectivity index (χ1v) is 9.03. The van der Waals surface area contributed by atoms with Crippen molar-refractivity contribution in [3.05, 3.63) is 48.7 Å². The number of aryl methyl sites for hydroxylation is 1. The molecule has 3 aromatic rings. The van der Waals surface area contributed by atoms with Crippen LogP contribution in [0.4, 0.5) is 4.79 Å². The van der Waals surface area contributed by atoms with E-state index >= 15 is 0 Å². The largest absolute Gasteiger partial charge is 0.444 e. The van der Waals surface area contributed by atoms with Crippen molar-refractivity contribution < 1.29 is 9.53 Å². The summed E-state index contributed by atoms with van der Waals surface area (Å²) in [5.74, 6) is 0. The van der Waals surface area contributed by atoms with Crippen molar-refractivity contribution in [3.63, 3.8) is 0 Å². The number of hydrogen-bond acceptors (Lipinski definition) is 5. The molecular weight excluding hydrogens is 342 g/mol. The summed E-state index contributed by atoms with van der Waals surface area (Å²) in [6.07, 6.45) is 8.11. The fourth-order valence-electron chi connectivity index (χ4n) is 2.81.